The summed E-state index contributed by atoms with van der Waals surface area (Å²) in [5.74, 6) is 0.596. The van der Waals surface area contributed by atoms with Gasteiger partial charge in [-0.15, -0.1) is 0 Å². The lowest BCUT2D eigenvalue weighted by atomic mass is 10.1. The molecule has 1 unspecified atom stereocenters. The largest absolute Gasteiger partial charge is 0.508 e. The quantitative estimate of drug-likeness (QED) is 0.773. The highest BCUT2D eigenvalue weighted by atomic mass is 16.5. The lowest BCUT2D eigenvalue weighted by molar-refractivity contribution is 0.106. The van der Waals surface area contributed by atoms with Crippen molar-refractivity contribution < 1.29 is 20.1 Å². The van der Waals surface area contributed by atoms with Gasteiger partial charge in [0, 0.05) is 11.6 Å². The van der Waals surface area contributed by atoms with Crippen molar-refractivity contribution in [1.29, 1.82) is 0 Å². The number of rotatable bonds is 4. The van der Waals surface area contributed by atoms with Crippen LogP contribution in [0.3, 0.4) is 0 Å². The molecule has 18 heavy (non-hydrogen) atoms. The Kier molecular flexibility index (Phi) is 3.69. The van der Waals surface area contributed by atoms with Crippen LogP contribution in [0.25, 0.3) is 0 Å². The zero-order valence-electron chi connectivity index (χ0n) is 9.65. The molecule has 0 fully saturated rings. The van der Waals surface area contributed by atoms with Gasteiger partial charge in [-0.3, -0.25) is 0 Å². The predicted molar refractivity (Wildman–Crippen MR) is 66.7 cm³/mol. The summed E-state index contributed by atoms with van der Waals surface area (Å²) in [4.78, 5) is 0. The maximum atomic E-state index is 9.88. The second kappa shape index (κ2) is 5.42. The van der Waals surface area contributed by atoms with Gasteiger partial charge in [0.1, 0.15) is 30.0 Å². The molecule has 4 nitrogen and oxygen atoms in total. The van der Waals surface area contributed by atoms with E-state index in [1.54, 1.807) is 30.3 Å². The van der Waals surface area contributed by atoms with Gasteiger partial charge in [0.05, 0.1) is 0 Å². The third-order valence-electron chi connectivity index (χ3n) is 2.52. The number of para-hydroxylation sites is 1. The van der Waals surface area contributed by atoms with E-state index in [4.69, 9.17) is 4.74 Å². The smallest absolute Gasteiger partial charge is 0.123 e. The number of aliphatic hydroxyl groups is 1. The van der Waals surface area contributed by atoms with Crippen LogP contribution in [-0.2, 0) is 0 Å². The minimum Gasteiger partial charge on any atom is -0.508 e. The van der Waals surface area contributed by atoms with E-state index in [1.165, 1.54) is 18.2 Å². The Balaban J connectivity index is 2.00. The minimum absolute atomic E-state index is 0.00102. The molecule has 3 N–H and O–H groups in total. The lowest BCUT2D eigenvalue weighted by Crippen LogP contribution is -2.09. The Morgan fingerprint density at radius 1 is 1.00 bits per heavy atom. The third kappa shape index (κ3) is 2.93. The van der Waals surface area contributed by atoms with Crippen LogP contribution in [-0.4, -0.2) is 21.9 Å². The molecule has 94 valence electrons. The Bertz CT molecular complexity index is 525. The Morgan fingerprint density at radius 3 is 2.50 bits per heavy atom. The number of aliphatic hydroxyl groups excluding tert-OH is 1. The molecule has 0 amide bonds. The van der Waals surface area contributed by atoms with Gasteiger partial charge in [-0.25, -0.2) is 0 Å². The molecule has 2 aromatic carbocycles. The third-order valence-corrected chi connectivity index (χ3v) is 2.52. The number of aromatic hydroxyl groups is 2. The Hall–Kier alpha value is -2.20. The average molecular weight is 246 g/mol. The topological polar surface area (TPSA) is 69.9 Å². The van der Waals surface area contributed by atoms with E-state index in [1.807, 2.05) is 0 Å². The zero-order chi connectivity index (χ0) is 13.0. The molecule has 0 aliphatic rings. The summed E-state index contributed by atoms with van der Waals surface area (Å²) >= 11 is 0. The first-order valence-corrected chi connectivity index (χ1v) is 5.54. The second-order valence-electron chi connectivity index (χ2n) is 3.88. The van der Waals surface area contributed by atoms with Crippen molar-refractivity contribution in [3.05, 3.63) is 54.1 Å². The lowest BCUT2D eigenvalue weighted by Gasteiger charge is -2.13. The van der Waals surface area contributed by atoms with Crippen LogP contribution in [0, 0.1) is 0 Å². The number of hydrogen-bond donors (Lipinski definition) is 3. The molecule has 0 radical (unpaired) electrons. The fraction of sp³-hybridized carbons (Fsp3) is 0.143. The molecule has 0 aliphatic heterocycles. The second-order valence-corrected chi connectivity index (χ2v) is 3.88. The van der Waals surface area contributed by atoms with Gasteiger partial charge in [0.25, 0.3) is 0 Å². The monoisotopic (exact) mass is 246 g/mol. The van der Waals surface area contributed by atoms with E-state index in [-0.39, 0.29) is 18.1 Å². The molecule has 2 aromatic rings. The van der Waals surface area contributed by atoms with Gasteiger partial charge in [-0.2, -0.15) is 0 Å². The van der Waals surface area contributed by atoms with Crippen molar-refractivity contribution in [2.45, 2.75) is 6.10 Å². The standard InChI is InChI=1S/C14H14O4/c15-10-4-3-5-11(8-10)18-9-14(17)12-6-1-2-7-13(12)16/h1-8,14-17H,9H2. The van der Waals surface area contributed by atoms with Crippen LogP contribution in [0.15, 0.2) is 48.5 Å². The normalized spacial score (nSPS) is 12.1. The first-order chi connectivity index (χ1) is 8.66. The molecule has 0 bridgehead atoms. The predicted octanol–water partition coefficient (Wildman–Crippen LogP) is 2.21. The molecule has 1 atom stereocenters. The number of ether oxygens (including phenoxy) is 1. The first-order valence-electron chi connectivity index (χ1n) is 5.54. The SMILES string of the molecule is Oc1cccc(OCC(O)c2ccccc2O)c1. The summed E-state index contributed by atoms with van der Waals surface area (Å²) in [6, 6.07) is 12.9. The van der Waals surface area contributed by atoms with Gasteiger partial charge in [0.2, 0.25) is 0 Å². The van der Waals surface area contributed by atoms with Gasteiger partial charge in [0.15, 0.2) is 0 Å². The van der Waals surface area contributed by atoms with Crippen LogP contribution in [0.5, 0.6) is 17.2 Å². The van der Waals surface area contributed by atoms with Gasteiger partial charge < -0.3 is 20.1 Å². The summed E-state index contributed by atoms with van der Waals surface area (Å²) in [6.45, 7) is 0.00102. The average Bonchev–Trinajstić information content (AvgIpc) is 2.37. The molecule has 2 rings (SSSR count). The molecule has 0 aromatic heterocycles. The van der Waals surface area contributed by atoms with E-state index in [0.717, 1.165) is 0 Å². The highest BCUT2D eigenvalue weighted by molar-refractivity contribution is 5.34. The van der Waals surface area contributed by atoms with Crippen molar-refractivity contribution in [3.63, 3.8) is 0 Å². The number of hydrogen-bond acceptors (Lipinski definition) is 4. The van der Waals surface area contributed by atoms with Crippen molar-refractivity contribution >= 4 is 0 Å². The van der Waals surface area contributed by atoms with Crippen molar-refractivity contribution in [2.24, 2.45) is 0 Å². The van der Waals surface area contributed by atoms with E-state index in [0.29, 0.717) is 11.3 Å². The van der Waals surface area contributed by atoms with Crippen molar-refractivity contribution in [1.82, 2.24) is 0 Å². The fourth-order valence-electron chi connectivity index (χ4n) is 1.61. The molecule has 0 spiro atoms. The van der Waals surface area contributed by atoms with Crippen LogP contribution >= 0.6 is 0 Å². The molecule has 4 heteroatoms. The molecule has 0 heterocycles. The van der Waals surface area contributed by atoms with Crippen LogP contribution in [0.4, 0.5) is 0 Å². The van der Waals surface area contributed by atoms with E-state index in [2.05, 4.69) is 0 Å². The molecular weight excluding hydrogens is 232 g/mol. The van der Waals surface area contributed by atoms with Crippen LogP contribution < -0.4 is 4.74 Å². The Labute approximate surface area is 105 Å². The van der Waals surface area contributed by atoms with Crippen molar-refractivity contribution in [3.8, 4) is 17.2 Å². The maximum Gasteiger partial charge on any atom is 0.123 e. The van der Waals surface area contributed by atoms with E-state index >= 15 is 0 Å². The first kappa shape index (κ1) is 12.3. The van der Waals surface area contributed by atoms with Crippen molar-refractivity contribution in [2.75, 3.05) is 6.61 Å². The van der Waals surface area contributed by atoms with Gasteiger partial charge in [-0.1, -0.05) is 24.3 Å². The van der Waals surface area contributed by atoms with Crippen LogP contribution in [0.2, 0.25) is 0 Å². The number of phenols is 2. The molecular formula is C14H14O4. The summed E-state index contributed by atoms with van der Waals surface area (Å²) in [6.07, 6.45) is -0.923. The number of benzene rings is 2. The summed E-state index contributed by atoms with van der Waals surface area (Å²) in [5, 5.41) is 28.7. The Morgan fingerprint density at radius 2 is 1.78 bits per heavy atom. The zero-order valence-corrected chi connectivity index (χ0v) is 9.65. The molecule has 0 aliphatic carbocycles. The number of phenolic OH excluding ortho intramolecular Hbond substituents is 2. The highest BCUT2D eigenvalue weighted by Crippen LogP contribution is 2.25. The van der Waals surface area contributed by atoms with Gasteiger partial charge in [-0.05, 0) is 18.2 Å². The molecule has 0 saturated heterocycles. The minimum atomic E-state index is -0.923. The van der Waals surface area contributed by atoms with E-state index < -0.39 is 6.10 Å². The van der Waals surface area contributed by atoms with E-state index in [9.17, 15) is 15.3 Å². The fourth-order valence-corrected chi connectivity index (χ4v) is 1.61. The van der Waals surface area contributed by atoms with Gasteiger partial charge >= 0.3 is 0 Å². The maximum absolute atomic E-state index is 9.88. The molecule has 0 saturated carbocycles. The summed E-state index contributed by atoms with van der Waals surface area (Å²) < 4.78 is 5.34. The highest BCUT2D eigenvalue weighted by Gasteiger charge is 2.12. The van der Waals surface area contributed by atoms with Crippen LogP contribution in [0.1, 0.15) is 11.7 Å². The summed E-state index contributed by atoms with van der Waals surface area (Å²) in [7, 11) is 0. The summed E-state index contributed by atoms with van der Waals surface area (Å²) in [5.41, 5.74) is 0.414.